The molecule has 0 aromatic carbocycles. The molecule has 1 aliphatic heterocycles. The molecule has 10 heteroatoms. The standard InChI is InChI=1S/C13H19N3O5S2/c1-8-10(12(18)21-2)22-13(14-8)15-11(17)9-4-6-16(7-5-9)23(3,19)20/h9H,4-7H2,1-3H3,(H,14,15,17). The molecule has 1 N–H and O–H groups in total. The molecule has 0 unspecified atom stereocenters. The highest BCUT2D eigenvalue weighted by Gasteiger charge is 2.29. The van der Waals surface area contributed by atoms with Crippen molar-refractivity contribution in [3.05, 3.63) is 10.6 Å². The molecule has 128 valence electrons. The zero-order valence-electron chi connectivity index (χ0n) is 13.2. The summed E-state index contributed by atoms with van der Waals surface area (Å²) in [6.07, 6.45) is 2.10. The zero-order chi connectivity index (χ0) is 17.2. The summed E-state index contributed by atoms with van der Waals surface area (Å²) < 4.78 is 28.9. The van der Waals surface area contributed by atoms with Gasteiger partial charge in [-0.25, -0.2) is 22.5 Å². The van der Waals surface area contributed by atoms with E-state index in [2.05, 4.69) is 15.0 Å². The van der Waals surface area contributed by atoms with E-state index in [9.17, 15) is 18.0 Å². The van der Waals surface area contributed by atoms with Gasteiger partial charge in [-0.15, -0.1) is 0 Å². The van der Waals surface area contributed by atoms with Crippen LogP contribution in [-0.4, -0.2) is 56.0 Å². The minimum atomic E-state index is -3.21. The summed E-state index contributed by atoms with van der Waals surface area (Å²) in [5, 5.41) is 3.04. The van der Waals surface area contributed by atoms with Crippen molar-refractivity contribution in [2.75, 3.05) is 31.8 Å². The third-order valence-electron chi connectivity index (χ3n) is 3.69. The minimum absolute atomic E-state index is 0.205. The number of nitrogens with one attached hydrogen (secondary N) is 1. The second-order valence-corrected chi connectivity index (χ2v) is 8.33. The first-order valence-electron chi connectivity index (χ1n) is 7.04. The van der Waals surface area contributed by atoms with Crippen molar-refractivity contribution >= 4 is 38.4 Å². The second kappa shape index (κ2) is 6.93. The molecular weight excluding hydrogens is 342 g/mol. The Kier molecular flexibility index (Phi) is 5.37. The van der Waals surface area contributed by atoms with Crippen LogP contribution < -0.4 is 5.32 Å². The van der Waals surface area contributed by atoms with Crippen molar-refractivity contribution in [1.29, 1.82) is 0 Å². The summed E-state index contributed by atoms with van der Waals surface area (Å²) in [5.41, 5.74) is 0.504. The molecule has 1 aromatic heterocycles. The summed E-state index contributed by atoms with van der Waals surface area (Å²) in [4.78, 5) is 28.3. The number of piperidine rings is 1. The molecule has 2 heterocycles. The van der Waals surface area contributed by atoms with Crippen molar-refractivity contribution < 1.29 is 22.7 Å². The maximum atomic E-state index is 12.3. The molecule has 2 rings (SSSR count). The normalized spacial score (nSPS) is 17.0. The molecule has 0 bridgehead atoms. The lowest BCUT2D eigenvalue weighted by molar-refractivity contribution is -0.120. The van der Waals surface area contributed by atoms with E-state index in [1.807, 2.05) is 0 Å². The van der Waals surface area contributed by atoms with E-state index in [4.69, 9.17) is 0 Å². The van der Waals surface area contributed by atoms with E-state index in [0.717, 1.165) is 11.3 Å². The highest BCUT2D eigenvalue weighted by atomic mass is 32.2. The summed E-state index contributed by atoms with van der Waals surface area (Å²) in [7, 11) is -1.92. The van der Waals surface area contributed by atoms with Gasteiger partial charge in [-0.3, -0.25) is 4.79 Å². The van der Waals surface area contributed by atoms with Gasteiger partial charge in [0.2, 0.25) is 15.9 Å². The van der Waals surface area contributed by atoms with Gasteiger partial charge in [-0.1, -0.05) is 11.3 Å². The molecule has 1 amide bonds. The van der Waals surface area contributed by atoms with Crippen LogP contribution in [0.3, 0.4) is 0 Å². The van der Waals surface area contributed by atoms with Crippen LogP contribution in [0, 0.1) is 12.8 Å². The number of hydrogen-bond acceptors (Lipinski definition) is 7. The van der Waals surface area contributed by atoms with Gasteiger partial charge < -0.3 is 10.1 Å². The zero-order valence-corrected chi connectivity index (χ0v) is 14.8. The van der Waals surface area contributed by atoms with Crippen molar-refractivity contribution in [2.24, 2.45) is 5.92 Å². The predicted octanol–water partition coefficient (Wildman–Crippen LogP) is 0.848. The molecule has 1 fully saturated rings. The lowest BCUT2D eigenvalue weighted by atomic mass is 9.97. The van der Waals surface area contributed by atoms with Crippen LogP contribution in [0.5, 0.6) is 0 Å². The van der Waals surface area contributed by atoms with Crippen molar-refractivity contribution in [1.82, 2.24) is 9.29 Å². The molecule has 1 aromatic rings. The van der Waals surface area contributed by atoms with Crippen LogP contribution in [0.4, 0.5) is 5.13 Å². The van der Waals surface area contributed by atoms with E-state index < -0.39 is 16.0 Å². The number of amides is 1. The Labute approximate surface area is 138 Å². The van der Waals surface area contributed by atoms with Gasteiger partial charge in [0.15, 0.2) is 5.13 Å². The van der Waals surface area contributed by atoms with Crippen molar-refractivity contribution in [3.63, 3.8) is 0 Å². The maximum Gasteiger partial charge on any atom is 0.350 e. The number of methoxy groups -OCH3 is 1. The fourth-order valence-electron chi connectivity index (χ4n) is 2.39. The van der Waals surface area contributed by atoms with Gasteiger partial charge in [0.05, 0.1) is 19.1 Å². The number of aromatic nitrogens is 1. The van der Waals surface area contributed by atoms with Gasteiger partial charge in [0.1, 0.15) is 4.88 Å². The molecule has 1 saturated heterocycles. The van der Waals surface area contributed by atoms with Crippen LogP contribution in [-0.2, 0) is 19.6 Å². The van der Waals surface area contributed by atoms with E-state index in [1.54, 1.807) is 6.92 Å². The number of ether oxygens (including phenoxy) is 1. The Balaban J connectivity index is 1.97. The topological polar surface area (TPSA) is 106 Å². The number of sulfonamides is 1. The van der Waals surface area contributed by atoms with Crippen LogP contribution in [0.2, 0.25) is 0 Å². The Morgan fingerprint density at radius 1 is 1.35 bits per heavy atom. The van der Waals surface area contributed by atoms with Gasteiger partial charge in [0, 0.05) is 19.0 Å². The molecule has 0 spiro atoms. The van der Waals surface area contributed by atoms with Crippen molar-refractivity contribution in [3.8, 4) is 0 Å². The van der Waals surface area contributed by atoms with Gasteiger partial charge in [0.25, 0.3) is 0 Å². The molecule has 1 aliphatic rings. The van der Waals surface area contributed by atoms with Gasteiger partial charge in [-0.2, -0.15) is 0 Å². The SMILES string of the molecule is COC(=O)c1sc(NC(=O)C2CCN(S(C)(=O)=O)CC2)nc1C. The van der Waals surface area contributed by atoms with Crippen LogP contribution >= 0.6 is 11.3 Å². The smallest absolute Gasteiger partial charge is 0.350 e. The maximum absolute atomic E-state index is 12.3. The molecule has 0 aliphatic carbocycles. The molecule has 0 saturated carbocycles. The highest BCUT2D eigenvalue weighted by molar-refractivity contribution is 7.88. The number of carbonyl (C=O) groups excluding carboxylic acids is 2. The fraction of sp³-hybridized carbons (Fsp3) is 0.615. The van der Waals surface area contributed by atoms with Crippen molar-refractivity contribution in [2.45, 2.75) is 19.8 Å². The number of nitrogens with zero attached hydrogens (tertiary/aromatic N) is 2. The number of thiazole rings is 1. The third-order valence-corrected chi connectivity index (χ3v) is 6.05. The van der Waals surface area contributed by atoms with Crippen LogP contribution in [0.1, 0.15) is 28.2 Å². The molecule has 0 radical (unpaired) electrons. The second-order valence-electron chi connectivity index (χ2n) is 5.35. The van der Waals surface area contributed by atoms with Gasteiger partial charge >= 0.3 is 5.97 Å². The third kappa shape index (κ3) is 4.27. The Morgan fingerprint density at radius 2 is 1.96 bits per heavy atom. The summed E-state index contributed by atoms with van der Waals surface area (Å²) in [5.74, 6) is -0.955. The Bertz CT molecular complexity index is 705. The molecule has 23 heavy (non-hydrogen) atoms. The molecule has 8 nitrogen and oxygen atoms in total. The number of anilines is 1. The van der Waals surface area contributed by atoms with E-state index >= 15 is 0 Å². The predicted molar refractivity (Wildman–Crippen MR) is 86.0 cm³/mol. The van der Waals surface area contributed by atoms with E-state index in [1.165, 1.54) is 17.7 Å². The fourth-order valence-corrected chi connectivity index (χ4v) is 4.15. The Hall–Kier alpha value is -1.52. The Morgan fingerprint density at radius 3 is 2.48 bits per heavy atom. The lowest BCUT2D eigenvalue weighted by Gasteiger charge is -2.29. The first-order valence-corrected chi connectivity index (χ1v) is 9.70. The summed E-state index contributed by atoms with van der Waals surface area (Å²) in [6.45, 7) is 2.34. The average molecular weight is 361 g/mol. The monoisotopic (exact) mass is 361 g/mol. The van der Waals surface area contributed by atoms with E-state index in [0.29, 0.717) is 41.6 Å². The van der Waals surface area contributed by atoms with Crippen LogP contribution in [0.25, 0.3) is 0 Å². The van der Waals surface area contributed by atoms with E-state index in [-0.39, 0.29) is 11.8 Å². The summed E-state index contributed by atoms with van der Waals surface area (Å²) >= 11 is 1.07. The molecular formula is C13H19N3O5S2. The number of aryl methyl sites for hydroxylation is 1. The number of carbonyl (C=O) groups is 2. The minimum Gasteiger partial charge on any atom is -0.465 e. The molecule has 0 atom stereocenters. The quantitative estimate of drug-likeness (QED) is 0.797. The van der Waals surface area contributed by atoms with Crippen LogP contribution in [0.15, 0.2) is 0 Å². The highest BCUT2D eigenvalue weighted by Crippen LogP contribution is 2.25. The first-order chi connectivity index (χ1) is 10.7. The van der Waals surface area contributed by atoms with Gasteiger partial charge in [-0.05, 0) is 19.8 Å². The average Bonchev–Trinajstić information content (AvgIpc) is 2.86. The first kappa shape index (κ1) is 17.8. The number of rotatable bonds is 4. The number of esters is 1. The largest absolute Gasteiger partial charge is 0.465 e. The summed E-state index contributed by atoms with van der Waals surface area (Å²) in [6, 6.07) is 0. The lowest BCUT2D eigenvalue weighted by Crippen LogP contribution is -2.40. The number of hydrogen-bond donors (Lipinski definition) is 1.